The third kappa shape index (κ3) is 5.22. The van der Waals surface area contributed by atoms with E-state index in [1.165, 1.54) is 24.5 Å². The molecule has 1 aliphatic rings. The maximum Gasteiger partial charge on any atom is 0.263 e. The summed E-state index contributed by atoms with van der Waals surface area (Å²) < 4.78 is 60.7. The molecule has 234 valence electrons. The molecule has 0 saturated carbocycles. The van der Waals surface area contributed by atoms with Crippen molar-refractivity contribution >= 4 is 78.2 Å². The van der Waals surface area contributed by atoms with Crippen molar-refractivity contribution in [3.8, 4) is 5.82 Å². The Morgan fingerprint density at radius 2 is 1.74 bits per heavy atom. The van der Waals surface area contributed by atoms with Crippen LogP contribution in [0.1, 0.15) is 6.92 Å². The van der Waals surface area contributed by atoms with E-state index in [0.717, 1.165) is 23.3 Å². The van der Waals surface area contributed by atoms with Crippen molar-refractivity contribution in [2.45, 2.75) is 17.4 Å². The Bertz CT molecular complexity index is 2290. The average Bonchev–Trinajstić information content (AvgIpc) is 3.45. The number of anilines is 4. The van der Waals surface area contributed by atoms with Crippen molar-refractivity contribution in [2.24, 2.45) is 0 Å². The molecule has 3 aromatic heterocycles. The van der Waals surface area contributed by atoms with Crippen molar-refractivity contribution in [1.82, 2.24) is 24.5 Å². The number of β-amino-alcohol motifs (C(OH)–C–C–N with tert-alkyl or cyclic N) is 1. The molecule has 0 radical (unpaired) electrons. The highest BCUT2D eigenvalue weighted by Crippen LogP contribution is 2.36. The van der Waals surface area contributed by atoms with Crippen LogP contribution in [-0.2, 0) is 10.0 Å². The first kappa shape index (κ1) is 30.0. The number of rotatable bonds is 7. The van der Waals surface area contributed by atoms with Crippen LogP contribution in [0.5, 0.6) is 0 Å². The molecule has 0 unspecified atom stereocenters. The van der Waals surface area contributed by atoms with Gasteiger partial charge in [0.25, 0.3) is 10.0 Å². The van der Waals surface area contributed by atoms with Crippen molar-refractivity contribution in [3.05, 3.63) is 95.0 Å². The smallest absolute Gasteiger partial charge is 0.263 e. The summed E-state index contributed by atoms with van der Waals surface area (Å²) in [7, 11) is -4.41. The number of pyridine rings is 1. The fourth-order valence-electron chi connectivity index (χ4n) is 5.32. The highest BCUT2D eigenvalue weighted by Gasteiger charge is 2.37. The summed E-state index contributed by atoms with van der Waals surface area (Å²) in [6.45, 7) is 2.73. The van der Waals surface area contributed by atoms with Crippen LogP contribution in [-0.4, -0.2) is 56.7 Å². The van der Waals surface area contributed by atoms with Gasteiger partial charge in [-0.25, -0.2) is 37.1 Å². The average molecular weight is 684 g/mol. The molecule has 3 aromatic carbocycles. The fourth-order valence-corrected chi connectivity index (χ4v) is 7.14. The highest BCUT2D eigenvalue weighted by atomic mass is 35.5. The number of hydrogen-bond donors (Lipinski definition) is 3. The molecular formula is C30H22Cl2F2N8O3S. The number of halogens is 4. The summed E-state index contributed by atoms with van der Waals surface area (Å²) in [6.07, 6.45) is 2.81. The van der Waals surface area contributed by atoms with Gasteiger partial charge in [-0.2, -0.15) is 0 Å². The van der Waals surface area contributed by atoms with Crippen LogP contribution in [0.2, 0.25) is 10.0 Å². The second kappa shape index (κ2) is 11.0. The van der Waals surface area contributed by atoms with Gasteiger partial charge in [-0.3, -0.25) is 9.29 Å². The van der Waals surface area contributed by atoms with Gasteiger partial charge < -0.3 is 15.3 Å². The Balaban J connectivity index is 1.24. The summed E-state index contributed by atoms with van der Waals surface area (Å²) in [6, 6.07) is 14.9. The lowest BCUT2D eigenvalue weighted by atomic mass is 9.96. The summed E-state index contributed by atoms with van der Waals surface area (Å²) in [5.41, 5.74) is 0.914. The van der Waals surface area contributed by atoms with E-state index in [4.69, 9.17) is 28.2 Å². The van der Waals surface area contributed by atoms with E-state index in [1.807, 2.05) is 23.1 Å². The molecule has 0 aliphatic carbocycles. The lowest BCUT2D eigenvalue weighted by Gasteiger charge is -2.45. The Hall–Kier alpha value is -4.63. The van der Waals surface area contributed by atoms with Gasteiger partial charge in [0.15, 0.2) is 11.6 Å². The molecule has 7 rings (SSSR count). The monoisotopic (exact) mass is 682 g/mol. The molecule has 0 spiro atoms. The minimum atomic E-state index is -4.41. The molecule has 6 aromatic rings. The van der Waals surface area contributed by atoms with E-state index in [0.29, 0.717) is 29.9 Å². The standard InChI is InChI=1S/C30H22Cl2F2N8O3S/c1-30(43)12-41(13-30)20-5-3-6-21-28(20)37-15-42(21)23-11-10-19-27(38-23)29(36-14-35-19)39-26-17(33)8-9-18(25(26)34)40-46(44,45)22-7-2-4-16(31)24(22)32/h2-11,14-15,40,43H,12-13H2,1H3,(H,35,36,39). The van der Waals surface area contributed by atoms with Crippen molar-refractivity contribution in [1.29, 1.82) is 0 Å². The van der Waals surface area contributed by atoms with E-state index in [2.05, 4.69) is 25.0 Å². The number of aromatic nitrogens is 5. The van der Waals surface area contributed by atoms with Crippen molar-refractivity contribution < 1.29 is 22.3 Å². The second-order valence-corrected chi connectivity index (χ2v) is 13.4. The molecule has 46 heavy (non-hydrogen) atoms. The van der Waals surface area contributed by atoms with Gasteiger partial charge in [-0.15, -0.1) is 0 Å². The van der Waals surface area contributed by atoms with Crippen LogP contribution < -0.4 is 14.9 Å². The number of sulfonamides is 1. The van der Waals surface area contributed by atoms with Gasteiger partial charge in [0.05, 0.1) is 38.1 Å². The number of nitrogens with one attached hydrogen (secondary N) is 2. The van der Waals surface area contributed by atoms with Crippen LogP contribution in [0.3, 0.4) is 0 Å². The van der Waals surface area contributed by atoms with Gasteiger partial charge in [0.1, 0.15) is 45.9 Å². The number of para-hydroxylation sites is 1. The van der Waals surface area contributed by atoms with E-state index >= 15 is 8.78 Å². The molecule has 11 nitrogen and oxygen atoms in total. The maximum atomic E-state index is 15.7. The van der Waals surface area contributed by atoms with E-state index < -0.39 is 38.6 Å². The first-order valence-corrected chi connectivity index (χ1v) is 15.9. The Morgan fingerprint density at radius 3 is 2.52 bits per heavy atom. The van der Waals surface area contributed by atoms with Gasteiger partial charge in [0, 0.05) is 13.1 Å². The summed E-state index contributed by atoms with van der Waals surface area (Å²) >= 11 is 12.0. The summed E-state index contributed by atoms with van der Waals surface area (Å²) in [4.78, 5) is 19.3. The first-order chi connectivity index (χ1) is 21.9. The molecule has 3 N–H and O–H groups in total. The normalized spacial score (nSPS) is 14.4. The van der Waals surface area contributed by atoms with Gasteiger partial charge in [0.2, 0.25) is 0 Å². The molecule has 0 atom stereocenters. The molecule has 1 fully saturated rings. The maximum absolute atomic E-state index is 15.7. The third-order valence-electron chi connectivity index (χ3n) is 7.46. The molecule has 16 heteroatoms. The summed E-state index contributed by atoms with van der Waals surface area (Å²) in [5, 5.41) is 12.6. The lowest BCUT2D eigenvalue weighted by Crippen LogP contribution is -2.60. The number of imidazole rings is 1. The molecule has 0 amide bonds. The first-order valence-electron chi connectivity index (χ1n) is 13.7. The quantitative estimate of drug-likeness (QED) is 0.183. The number of aliphatic hydroxyl groups is 1. The van der Waals surface area contributed by atoms with Crippen LogP contribution in [0.15, 0.2) is 78.2 Å². The number of nitrogens with zero attached hydrogens (tertiary/aromatic N) is 6. The SMILES string of the molecule is CC1(O)CN(c2cccc3c2ncn3-c2ccc3ncnc(Nc4c(F)ccc(NS(=O)(=O)c5cccc(Cl)c5Cl)c4F)c3n2)C1. The largest absolute Gasteiger partial charge is 0.386 e. The minimum absolute atomic E-state index is 0.0106. The lowest BCUT2D eigenvalue weighted by molar-refractivity contribution is 0.0312. The highest BCUT2D eigenvalue weighted by molar-refractivity contribution is 7.92. The molecule has 1 saturated heterocycles. The number of hydrogen-bond acceptors (Lipinski definition) is 9. The van der Waals surface area contributed by atoms with Crippen LogP contribution >= 0.6 is 23.2 Å². The predicted octanol–water partition coefficient (Wildman–Crippen LogP) is 6.06. The molecule has 4 heterocycles. The Morgan fingerprint density at radius 1 is 0.957 bits per heavy atom. The van der Waals surface area contributed by atoms with Gasteiger partial charge in [-0.1, -0.05) is 35.3 Å². The Labute approximate surface area is 270 Å². The van der Waals surface area contributed by atoms with Crippen LogP contribution in [0.25, 0.3) is 27.9 Å². The van der Waals surface area contributed by atoms with Gasteiger partial charge >= 0.3 is 0 Å². The van der Waals surface area contributed by atoms with Crippen LogP contribution in [0, 0.1) is 11.6 Å². The zero-order valence-electron chi connectivity index (χ0n) is 23.7. The van der Waals surface area contributed by atoms with Crippen molar-refractivity contribution in [3.63, 3.8) is 0 Å². The molecular weight excluding hydrogens is 661 g/mol. The Kier molecular flexibility index (Phi) is 7.20. The minimum Gasteiger partial charge on any atom is -0.386 e. The number of benzene rings is 3. The third-order valence-corrected chi connectivity index (χ3v) is 9.80. The van der Waals surface area contributed by atoms with Crippen molar-refractivity contribution in [2.75, 3.05) is 28.0 Å². The van der Waals surface area contributed by atoms with E-state index in [-0.39, 0.29) is 26.3 Å². The molecule has 0 bridgehead atoms. The number of fused-ring (bicyclic) bond motifs is 2. The fraction of sp³-hybridized carbons (Fsp3) is 0.133. The molecule has 1 aliphatic heterocycles. The zero-order chi connectivity index (χ0) is 32.4. The topological polar surface area (TPSA) is 138 Å². The van der Waals surface area contributed by atoms with E-state index in [1.54, 1.807) is 30.0 Å². The van der Waals surface area contributed by atoms with E-state index in [9.17, 15) is 13.5 Å². The van der Waals surface area contributed by atoms with Crippen LogP contribution in [0.4, 0.5) is 31.7 Å². The summed E-state index contributed by atoms with van der Waals surface area (Å²) in [5.74, 6) is -1.85. The predicted molar refractivity (Wildman–Crippen MR) is 172 cm³/mol. The zero-order valence-corrected chi connectivity index (χ0v) is 26.0. The second-order valence-electron chi connectivity index (χ2n) is 10.9. The van der Waals surface area contributed by atoms with Gasteiger partial charge in [-0.05, 0) is 55.5 Å².